The molecule has 0 spiro atoms. The second-order valence-electron chi connectivity index (χ2n) is 20.6. The van der Waals surface area contributed by atoms with Gasteiger partial charge in [0.1, 0.15) is 22.2 Å². The second-order valence-corrected chi connectivity index (χ2v) is 23.9. The number of benzene rings is 1. The number of thiazole rings is 1. The Morgan fingerprint density at radius 3 is 2.38 bits per heavy atom. The molecule has 1 aromatic carbocycles. The van der Waals surface area contributed by atoms with Gasteiger partial charge in [-0.3, -0.25) is 28.5 Å². The predicted octanol–water partition coefficient (Wildman–Crippen LogP) is 9.17. The van der Waals surface area contributed by atoms with Crippen LogP contribution in [0.5, 0.6) is 6.01 Å². The van der Waals surface area contributed by atoms with Crippen LogP contribution >= 0.6 is 11.3 Å². The van der Waals surface area contributed by atoms with Crippen molar-refractivity contribution in [1.82, 2.24) is 24.2 Å². The first-order valence-electron chi connectivity index (χ1n) is 23.0. The smallest absolute Gasteiger partial charge is 0.307 e. The molecule has 7 rings (SSSR count). The zero-order valence-corrected chi connectivity index (χ0v) is 40.4. The number of nitrogens with one attached hydrogen (secondary N) is 1. The van der Waals surface area contributed by atoms with Crippen LogP contribution in [-0.2, 0) is 33.9 Å². The molecule has 3 fully saturated rings. The van der Waals surface area contributed by atoms with Crippen molar-refractivity contribution in [2.24, 2.45) is 17.3 Å². The Morgan fingerprint density at radius 1 is 1.02 bits per heavy atom. The van der Waals surface area contributed by atoms with Crippen molar-refractivity contribution in [1.29, 1.82) is 0 Å². The van der Waals surface area contributed by atoms with Crippen LogP contribution in [0.3, 0.4) is 0 Å². The van der Waals surface area contributed by atoms with E-state index in [4.69, 9.17) is 19.4 Å². The number of esters is 1. The van der Waals surface area contributed by atoms with Gasteiger partial charge in [-0.25, -0.2) is 13.4 Å². The molecule has 4 aliphatic rings. The highest BCUT2D eigenvalue weighted by Gasteiger charge is 2.62. The number of aromatic nitrogens is 3. The Morgan fingerprint density at radius 2 is 1.75 bits per heavy atom. The topological polar surface area (TPSA) is 167 Å². The molecule has 0 bridgehead atoms. The molecule has 13 nitrogen and oxygen atoms in total. The van der Waals surface area contributed by atoms with Crippen molar-refractivity contribution in [2.75, 3.05) is 6.54 Å². The summed E-state index contributed by atoms with van der Waals surface area (Å²) in [6, 6.07) is 5.37. The Labute approximate surface area is 377 Å². The van der Waals surface area contributed by atoms with E-state index in [1.54, 1.807) is 43.9 Å². The van der Waals surface area contributed by atoms with Gasteiger partial charge in [0.05, 0.1) is 40.4 Å². The lowest BCUT2D eigenvalue weighted by Gasteiger charge is -2.29. The first-order valence-corrected chi connectivity index (χ1v) is 25.3. The summed E-state index contributed by atoms with van der Waals surface area (Å²) in [6.45, 7) is 19.8. The number of amides is 2. The van der Waals surface area contributed by atoms with Crippen LogP contribution in [0, 0.1) is 17.3 Å². The molecule has 1 saturated heterocycles. The minimum absolute atomic E-state index is 0.0604. The third-order valence-corrected chi connectivity index (χ3v) is 16.8. The minimum atomic E-state index is -3.96. The summed E-state index contributed by atoms with van der Waals surface area (Å²) in [7, 11) is -3.96. The number of rotatable bonds is 11. The molecular formula is C48H67N5O8S2. The Hall–Kier alpha value is -4.11. The molecule has 0 unspecified atom stereocenters. The lowest BCUT2D eigenvalue weighted by atomic mass is 9.90. The van der Waals surface area contributed by atoms with Crippen molar-refractivity contribution in [3.63, 3.8) is 0 Å². The quantitative estimate of drug-likeness (QED) is 0.145. The molecule has 2 aliphatic heterocycles. The van der Waals surface area contributed by atoms with E-state index in [9.17, 15) is 27.6 Å². The summed E-state index contributed by atoms with van der Waals surface area (Å²) in [5, 5.41) is 0.886. The lowest BCUT2D eigenvalue weighted by Crippen LogP contribution is -2.47. The molecule has 344 valence electrons. The molecule has 63 heavy (non-hydrogen) atoms. The molecule has 2 saturated carbocycles. The van der Waals surface area contributed by atoms with Gasteiger partial charge in [-0.05, 0) is 110 Å². The third kappa shape index (κ3) is 9.79. The number of ketones is 1. The molecule has 3 aromatic rings. The fourth-order valence-corrected chi connectivity index (χ4v) is 11.9. The number of carbonyl (C=O) groups excluding carboxylic acids is 4. The normalized spacial score (nSPS) is 26.0. The zero-order valence-electron chi connectivity index (χ0n) is 38.8. The summed E-state index contributed by atoms with van der Waals surface area (Å²) in [5.74, 6) is -2.32. The maximum Gasteiger partial charge on any atom is 0.307 e. The maximum absolute atomic E-state index is 14.9. The van der Waals surface area contributed by atoms with Gasteiger partial charge in [-0.15, -0.1) is 11.3 Å². The van der Waals surface area contributed by atoms with E-state index < -0.39 is 55.7 Å². The summed E-state index contributed by atoms with van der Waals surface area (Å²) in [5.41, 5.74) is 1.60. The maximum atomic E-state index is 14.9. The SMILES string of the molecule is CC(C)c1nc(-c2cccc3c2nc(O[C@@H]2C[C@H]4C(=O)C[C@]5(C(=O)NS(=O)(=O)C6(C)CC6)C[C@@H]5/C=C\CCCCC[C@H](CC(=O)OC(C)(C)C)C(=O)N4C2)n3C(C)C)sc1C(C)C. The van der Waals surface area contributed by atoms with Gasteiger partial charge in [-0.2, -0.15) is 4.98 Å². The third-order valence-electron chi connectivity index (χ3n) is 13.3. The number of Topliss-reactive ketones (excluding diaryl/α,β-unsaturated/α-hetero) is 1. The molecule has 5 atom stereocenters. The molecule has 0 radical (unpaired) electrons. The van der Waals surface area contributed by atoms with E-state index in [1.807, 2.05) is 34.9 Å². The van der Waals surface area contributed by atoms with Gasteiger partial charge in [0.25, 0.3) is 6.01 Å². The fraction of sp³-hybridized carbons (Fsp3) is 0.667. The predicted molar refractivity (Wildman–Crippen MR) is 245 cm³/mol. The monoisotopic (exact) mass is 905 g/mol. The Balaban J connectivity index is 1.24. The molecule has 2 aromatic heterocycles. The van der Waals surface area contributed by atoms with Crippen LogP contribution in [-0.4, -0.2) is 80.5 Å². The highest BCUT2D eigenvalue weighted by atomic mass is 32.2. The number of hydrogen-bond donors (Lipinski definition) is 1. The number of sulfonamides is 1. The van der Waals surface area contributed by atoms with Crippen LogP contribution in [0.25, 0.3) is 21.6 Å². The van der Waals surface area contributed by atoms with E-state index in [-0.39, 0.29) is 55.4 Å². The van der Waals surface area contributed by atoms with Crippen LogP contribution < -0.4 is 9.46 Å². The molecular weight excluding hydrogens is 839 g/mol. The first kappa shape index (κ1) is 46.9. The number of nitrogens with zero attached hydrogens (tertiary/aromatic N) is 4. The minimum Gasteiger partial charge on any atom is -0.460 e. The summed E-state index contributed by atoms with van der Waals surface area (Å²) >= 11 is 1.69. The first-order chi connectivity index (χ1) is 29.5. The number of imidazole rings is 1. The van der Waals surface area contributed by atoms with Gasteiger partial charge in [0.15, 0.2) is 5.78 Å². The molecule has 4 heterocycles. The standard InChI is InChI=1S/C48H67N5O8S2/c1-28(2)39-41(29(3)4)62-42(49-39)34-19-16-20-35-40(34)50-45(53(35)30(5)6)60-33-24-36-37(54)26-48(44(57)51-63(58,59)47(10)21-22-47)25-32(48)18-15-13-11-12-14-17-31(43(56)52(36)27-33)23-38(55)61-46(7,8)9/h15-16,18-20,28-33,36H,11-14,17,21-27H2,1-10H3,(H,51,57)/b18-15-/t31-,32+,33-,36+,48-/m1/s1. The molecule has 15 heteroatoms. The van der Waals surface area contributed by atoms with Crippen LogP contribution in [0.1, 0.15) is 168 Å². The van der Waals surface area contributed by atoms with Gasteiger partial charge in [0, 0.05) is 35.2 Å². The van der Waals surface area contributed by atoms with E-state index in [0.717, 1.165) is 46.6 Å². The van der Waals surface area contributed by atoms with Gasteiger partial charge in [-0.1, -0.05) is 58.8 Å². The average Bonchev–Trinajstić information content (AvgIpc) is 3.87. The van der Waals surface area contributed by atoms with Crippen LogP contribution in [0.15, 0.2) is 30.4 Å². The number of fused-ring (bicyclic) bond motifs is 3. The lowest BCUT2D eigenvalue weighted by molar-refractivity contribution is -0.159. The fourth-order valence-electron chi connectivity index (χ4n) is 9.29. The number of allylic oxidation sites excluding steroid dienone is 2. The Kier molecular flexibility index (Phi) is 13.2. The number of hydrogen-bond acceptors (Lipinski definition) is 11. The van der Waals surface area contributed by atoms with Crippen molar-refractivity contribution >= 4 is 56.0 Å². The summed E-state index contributed by atoms with van der Waals surface area (Å²) in [4.78, 5) is 70.2. The van der Waals surface area contributed by atoms with E-state index in [2.05, 4.69) is 46.3 Å². The van der Waals surface area contributed by atoms with E-state index >= 15 is 0 Å². The highest BCUT2D eigenvalue weighted by molar-refractivity contribution is 7.91. The van der Waals surface area contributed by atoms with Crippen molar-refractivity contribution in [3.8, 4) is 16.6 Å². The van der Waals surface area contributed by atoms with Crippen molar-refractivity contribution < 1.29 is 37.1 Å². The zero-order chi connectivity index (χ0) is 45.8. The summed E-state index contributed by atoms with van der Waals surface area (Å²) < 4.78 is 42.5. The average molecular weight is 906 g/mol. The van der Waals surface area contributed by atoms with Gasteiger partial charge < -0.3 is 14.4 Å². The highest BCUT2D eigenvalue weighted by Crippen LogP contribution is 2.58. The number of ether oxygens (including phenoxy) is 2. The molecule has 2 amide bonds. The second kappa shape index (κ2) is 17.7. The molecule has 1 N–H and O–H groups in total. The van der Waals surface area contributed by atoms with Gasteiger partial charge in [0.2, 0.25) is 21.8 Å². The van der Waals surface area contributed by atoms with Crippen LogP contribution in [0.4, 0.5) is 0 Å². The largest absolute Gasteiger partial charge is 0.460 e. The van der Waals surface area contributed by atoms with E-state index in [0.29, 0.717) is 44.0 Å². The number of carbonyl (C=O) groups is 4. The van der Waals surface area contributed by atoms with Gasteiger partial charge >= 0.3 is 5.97 Å². The van der Waals surface area contributed by atoms with E-state index in [1.165, 1.54) is 4.88 Å². The van der Waals surface area contributed by atoms with Crippen molar-refractivity contribution in [3.05, 3.63) is 40.9 Å². The summed E-state index contributed by atoms with van der Waals surface area (Å²) in [6.07, 6.45) is 7.85. The van der Waals surface area contributed by atoms with Crippen LogP contribution in [0.2, 0.25) is 0 Å². The van der Waals surface area contributed by atoms with Crippen molar-refractivity contribution in [2.45, 2.75) is 180 Å². The number of para-hydroxylation sites is 1. The Bertz CT molecular complexity index is 2360. The molecule has 2 aliphatic carbocycles.